The Morgan fingerprint density at radius 2 is 1.27 bits per heavy atom. The molecule has 2 heteroatoms. The van der Waals surface area contributed by atoms with E-state index in [2.05, 4.69) is 66.0 Å². The van der Waals surface area contributed by atoms with Crippen molar-refractivity contribution in [3.63, 3.8) is 0 Å². The molecule has 0 radical (unpaired) electrons. The summed E-state index contributed by atoms with van der Waals surface area (Å²) in [7, 11) is 1.69. The van der Waals surface area contributed by atoms with Crippen LogP contribution in [-0.2, 0) is 0 Å². The second kappa shape index (κ2) is 5.23. The van der Waals surface area contributed by atoms with Crippen molar-refractivity contribution in [2.75, 3.05) is 12.4 Å². The van der Waals surface area contributed by atoms with Crippen molar-refractivity contribution in [3.8, 4) is 16.9 Å². The smallest absolute Gasteiger partial charge is 0.119 e. The molecule has 22 heavy (non-hydrogen) atoms. The first-order chi connectivity index (χ1) is 10.9. The molecule has 0 bridgehead atoms. The van der Waals surface area contributed by atoms with E-state index in [0.29, 0.717) is 0 Å². The first kappa shape index (κ1) is 13.0. The molecule has 0 atom stereocenters. The van der Waals surface area contributed by atoms with Crippen LogP contribution in [-0.4, -0.2) is 7.11 Å². The molecule has 108 valence electrons. The summed E-state index contributed by atoms with van der Waals surface area (Å²) < 4.78 is 5.22. The summed E-state index contributed by atoms with van der Waals surface area (Å²) >= 11 is 0. The Bertz CT molecular complexity index is 762. The van der Waals surface area contributed by atoms with Crippen LogP contribution in [0.25, 0.3) is 11.1 Å². The van der Waals surface area contributed by atoms with Crippen LogP contribution in [0.1, 0.15) is 17.2 Å². The quantitative estimate of drug-likeness (QED) is 0.741. The van der Waals surface area contributed by atoms with E-state index < -0.39 is 0 Å². The summed E-state index contributed by atoms with van der Waals surface area (Å²) in [6.45, 7) is 0. The SMILES string of the molecule is COc1ccc(NC2c3ccccc3-c3ccccc32)cc1. The van der Waals surface area contributed by atoms with Gasteiger partial charge in [-0.1, -0.05) is 48.5 Å². The van der Waals surface area contributed by atoms with Gasteiger partial charge in [0.1, 0.15) is 5.75 Å². The van der Waals surface area contributed by atoms with E-state index in [1.807, 2.05) is 12.1 Å². The number of fused-ring (bicyclic) bond motifs is 3. The van der Waals surface area contributed by atoms with Crippen molar-refractivity contribution in [3.05, 3.63) is 83.9 Å². The molecule has 0 aromatic heterocycles. The van der Waals surface area contributed by atoms with Gasteiger partial charge in [0.15, 0.2) is 0 Å². The zero-order valence-corrected chi connectivity index (χ0v) is 12.4. The fraction of sp³-hybridized carbons (Fsp3) is 0.100. The topological polar surface area (TPSA) is 21.3 Å². The highest BCUT2D eigenvalue weighted by atomic mass is 16.5. The lowest BCUT2D eigenvalue weighted by Crippen LogP contribution is -2.09. The molecule has 1 aliphatic carbocycles. The van der Waals surface area contributed by atoms with Crippen LogP contribution in [0.4, 0.5) is 5.69 Å². The van der Waals surface area contributed by atoms with Gasteiger partial charge in [0.2, 0.25) is 0 Å². The maximum Gasteiger partial charge on any atom is 0.119 e. The Morgan fingerprint density at radius 3 is 1.82 bits per heavy atom. The zero-order chi connectivity index (χ0) is 14.9. The van der Waals surface area contributed by atoms with Crippen molar-refractivity contribution in [1.82, 2.24) is 0 Å². The molecule has 0 aliphatic heterocycles. The van der Waals surface area contributed by atoms with E-state index in [4.69, 9.17) is 4.74 Å². The van der Waals surface area contributed by atoms with Gasteiger partial charge in [0.05, 0.1) is 13.2 Å². The minimum atomic E-state index is 0.195. The van der Waals surface area contributed by atoms with Crippen molar-refractivity contribution < 1.29 is 4.74 Å². The van der Waals surface area contributed by atoms with Gasteiger partial charge in [-0.15, -0.1) is 0 Å². The number of nitrogens with one attached hydrogen (secondary N) is 1. The average Bonchev–Trinajstić information content (AvgIpc) is 2.90. The van der Waals surface area contributed by atoms with Gasteiger partial charge in [-0.3, -0.25) is 0 Å². The van der Waals surface area contributed by atoms with E-state index in [-0.39, 0.29) is 6.04 Å². The highest BCUT2D eigenvalue weighted by Gasteiger charge is 2.27. The first-order valence-electron chi connectivity index (χ1n) is 7.45. The number of hydrogen-bond donors (Lipinski definition) is 1. The molecule has 4 rings (SSSR count). The molecule has 2 nitrogen and oxygen atoms in total. The second-order valence-corrected chi connectivity index (χ2v) is 5.48. The predicted molar refractivity (Wildman–Crippen MR) is 90.3 cm³/mol. The minimum Gasteiger partial charge on any atom is -0.497 e. The lowest BCUT2D eigenvalue weighted by atomic mass is 10.1. The Hall–Kier alpha value is -2.74. The molecular weight excluding hydrogens is 270 g/mol. The lowest BCUT2D eigenvalue weighted by molar-refractivity contribution is 0.415. The Labute approximate surface area is 130 Å². The van der Waals surface area contributed by atoms with Crippen LogP contribution in [0, 0.1) is 0 Å². The highest BCUT2D eigenvalue weighted by molar-refractivity contribution is 5.80. The fourth-order valence-corrected chi connectivity index (χ4v) is 3.16. The number of anilines is 1. The van der Waals surface area contributed by atoms with E-state index in [9.17, 15) is 0 Å². The largest absolute Gasteiger partial charge is 0.497 e. The molecule has 0 heterocycles. The van der Waals surface area contributed by atoms with Crippen LogP contribution in [0.3, 0.4) is 0 Å². The summed E-state index contributed by atoms with van der Waals surface area (Å²) in [6.07, 6.45) is 0. The molecular formula is C20H17NO. The third-order valence-corrected chi connectivity index (χ3v) is 4.23. The van der Waals surface area contributed by atoms with Gasteiger partial charge >= 0.3 is 0 Å². The van der Waals surface area contributed by atoms with Crippen LogP contribution in [0.5, 0.6) is 5.75 Å². The zero-order valence-electron chi connectivity index (χ0n) is 12.4. The van der Waals surface area contributed by atoms with Crippen LogP contribution in [0.2, 0.25) is 0 Å². The van der Waals surface area contributed by atoms with E-state index in [0.717, 1.165) is 11.4 Å². The molecule has 3 aromatic carbocycles. The summed E-state index contributed by atoms with van der Waals surface area (Å²) in [4.78, 5) is 0. The highest BCUT2D eigenvalue weighted by Crippen LogP contribution is 2.44. The standard InChI is InChI=1S/C20H17NO/c1-22-15-12-10-14(11-13-15)21-20-18-8-4-2-6-16(18)17-7-3-5-9-19(17)20/h2-13,20-21H,1H3. The van der Waals surface area contributed by atoms with Crippen LogP contribution >= 0.6 is 0 Å². The Morgan fingerprint density at radius 1 is 0.727 bits per heavy atom. The first-order valence-corrected chi connectivity index (χ1v) is 7.45. The monoisotopic (exact) mass is 287 g/mol. The van der Waals surface area contributed by atoms with Crippen LogP contribution < -0.4 is 10.1 Å². The normalized spacial score (nSPS) is 12.6. The van der Waals surface area contributed by atoms with E-state index in [1.165, 1.54) is 22.3 Å². The molecule has 1 aliphatic rings. The van der Waals surface area contributed by atoms with Gasteiger partial charge < -0.3 is 10.1 Å². The maximum atomic E-state index is 5.22. The molecule has 0 unspecified atom stereocenters. The van der Waals surface area contributed by atoms with Gasteiger partial charge in [-0.2, -0.15) is 0 Å². The summed E-state index contributed by atoms with van der Waals surface area (Å²) in [6, 6.07) is 25.5. The fourth-order valence-electron chi connectivity index (χ4n) is 3.16. The number of hydrogen-bond acceptors (Lipinski definition) is 2. The number of ether oxygens (including phenoxy) is 1. The van der Waals surface area contributed by atoms with Gasteiger partial charge in [-0.05, 0) is 46.5 Å². The van der Waals surface area contributed by atoms with Gasteiger partial charge in [0, 0.05) is 5.69 Å². The van der Waals surface area contributed by atoms with Crippen molar-refractivity contribution >= 4 is 5.69 Å². The average molecular weight is 287 g/mol. The molecule has 0 fully saturated rings. The lowest BCUT2D eigenvalue weighted by Gasteiger charge is -2.17. The third kappa shape index (κ3) is 2.04. The number of rotatable bonds is 3. The van der Waals surface area contributed by atoms with Gasteiger partial charge in [0.25, 0.3) is 0 Å². The van der Waals surface area contributed by atoms with Gasteiger partial charge in [-0.25, -0.2) is 0 Å². The maximum absolute atomic E-state index is 5.22. The minimum absolute atomic E-state index is 0.195. The molecule has 0 amide bonds. The van der Waals surface area contributed by atoms with E-state index in [1.54, 1.807) is 7.11 Å². The number of benzene rings is 3. The summed E-state index contributed by atoms with van der Waals surface area (Å²) in [5.41, 5.74) is 6.41. The Balaban J connectivity index is 1.74. The number of methoxy groups -OCH3 is 1. The molecule has 3 aromatic rings. The summed E-state index contributed by atoms with van der Waals surface area (Å²) in [5, 5.41) is 3.65. The van der Waals surface area contributed by atoms with Crippen molar-refractivity contribution in [1.29, 1.82) is 0 Å². The molecule has 1 N–H and O–H groups in total. The van der Waals surface area contributed by atoms with Crippen molar-refractivity contribution in [2.45, 2.75) is 6.04 Å². The van der Waals surface area contributed by atoms with Crippen molar-refractivity contribution in [2.24, 2.45) is 0 Å². The predicted octanol–water partition coefficient (Wildman–Crippen LogP) is 4.88. The van der Waals surface area contributed by atoms with E-state index >= 15 is 0 Å². The Kier molecular flexibility index (Phi) is 3.08. The molecule has 0 saturated carbocycles. The summed E-state index contributed by atoms with van der Waals surface area (Å²) in [5.74, 6) is 0.873. The third-order valence-electron chi connectivity index (χ3n) is 4.23. The molecule has 0 saturated heterocycles. The second-order valence-electron chi connectivity index (χ2n) is 5.48. The van der Waals surface area contributed by atoms with Crippen LogP contribution in [0.15, 0.2) is 72.8 Å². The molecule has 0 spiro atoms.